The molecule has 1 heterocycles. The van der Waals surface area contributed by atoms with Gasteiger partial charge in [0.15, 0.2) is 0 Å². The monoisotopic (exact) mass is 390 g/mol. The lowest BCUT2D eigenvalue weighted by atomic mass is 10.0. The van der Waals surface area contributed by atoms with Crippen LogP contribution in [0.15, 0.2) is 65.8 Å². The van der Waals surface area contributed by atoms with Gasteiger partial charge in [0.25, 0.3) is 0 Å². The third-order valence-corrected chi connectivity index (χ3v) is 5.81. The van der Waals surface area contributed by atoms with E-state index in [-0.39, 0.29) is 11.2 Å². The standard InChI is InChI=1S/C22H22N4OS/c1-2-18(21(27)23-17-13-14-17)28-22-24-19(15-9-5-3-6-10-15)20(25-26-22)16-11-7-4-8-12-16/h3-12,17-18H,2,13-14H2,1H3,(H,23,27). The van der Waals surface area contributed by atoms with Gasteiger partial charge in [-0.3, -0.25) is 4.79 Å². The van der Waals surface area contributed by atoms with Crippen LogP contribution in [-0.2, 0) is 4.79 Å². The average molecular weight is 391 g/mol. The Bertz CT molecular complexity index is 945. The van der Waals surface area contributed by atoms with Crippen molar-refractivity contribution >= 4 is 17.7 Å². The summed E-state index contributed by atoms with van der Waals surface area (Å²) >= 11 is 1.38. The minimum atomic E-state index is -0.214. The van der Waals surface area contributed by atoms with Gasteiger partial charge >= 0.3 is 0 Å². The van der Waals surface area contributed by atoms with E-state index in [9.17, 15) is 4.79 Å². The molecule has 1 aliphatic rings. The Kier molecular flexibility index (Phi) is 5.67. The largest absolute Gasteiger partial charge is 0.352 e. The number of hydrogen-bond acceptors (Lipinski definition) is 5. The summed E-state index contributed by atoms with van der Waals surface area (Å²) < 4.78 is 0. The Labute approximate surface area is 169 Å². The molecule has 1 aromatic heterocycles. The lowest BCUT2D eigenvalue weighted by molar-refractivity contribution is -0.120. The van der Waals surface area contributed by atoms with Crippen molar-refractivity contribution in [2.75, 3.05) is 0 Å². The fourth-order valence-electron chi connectivity index (χ4n) is 2.92. The van der Waals surface area contributed by atoms with Crippen molar-refractivity contribution in [1.29, 1.82) is 0 Å². The number of nitrogens with one attached hydrogen (secondary N) is 1. The molecule has 0 bridgehead atoms. The molecule has 1 saturated carbocycles. The van der Waals surface area contributed by atoms with Gasteiger partial charge in [-0.25, -0.2) is 4.98 Å². The fourth-order valence-corrected chi connectivity index (χ4v) is 3.75. The number of rotatable bonds is 7. The van der Waals surface area contributed by atoms with Crippen molar-refractivity contribution in [1.82, 2.24) is 20.5 Å². The normalized spacial score (nSPS) is 14.5. The van der Waals surface area contributed by atoms with Gasteiger partial charge < -0.3 is 5.32 Å². The predicted octanol–water partition coefficient (Wildman–Crippen LogP) is 4.35. The van der Waals surface area contributed by atoms with E-state index in [0.29, 0.717) is 17.6 Å². The van der Waals surface area contributed by atoms with Gasteiger partial charge in [0, 0.05) is 17.2 Å². The zero-order valence-electron chi connectivity index (χ0n) is 15.7. The third-order valence-electron chi connectivity index (χ3n) is 4.60. The van der Waals surface area contributed by atoms with Crippen molar-refractivity contribution in [2.45, 2.75) is 42.6 Å². The summed E-state index contributed by atoms with van der Waals surface area (Å²) in [6.45, 7) is 2.01. The Balaban J connectivity index is 1.66. The minimum Gasteiger partial charge on any atom is -0.352 e. The lowest BCUT2D eigenvalue weighted by Crippen LogP contribution is -2.34. The molecule has 4 rings (SSSR count). The highest BCUT2D eigenvalue weighted by molar-refractivity contribution is 8.00. The Hall–Kier alpha value is -2.73. The maximum atomic E-state index is 12.5. The second kappa shape index (κ2) is 8.52. The maximum absolute atomic E-state index is 12.5. The molecule has 1 atom stereocenters. The van der Waals surface area contributed by atoms with E-state index < -0.39 is 0 Å². The molecule has 2 aromatic carbocycles. The van der Waals surface area contributed by atoms with Crippen LogP contribution < -0.4 is 5.32 Å². The highest BCUT2D eigenvalue weighted by atomic mass is 32.2. The molecule has 142 valence electrons. The van der Waals surface area contributed by atoms with Gasteiger partial charge in [-0.05, 0) is 19.3 Å². The maximum Gasteiger partial charge on any atom is 0.233 e. The number of aromatic nitrogens is 3. The topological polar surface area (TPSA) is 67.8 Å². The van der Waals surface area contributed by atoms with Crippen LogP contribution >= 0.6 is 11.8 Å². The van der Waals surface area contributed by atoms with E-state index in [0.717, 1.165) is 35.4 Å². The molecular weight excluding hydrogens is 368 g/mol. The molecule has 3 aromatic rings. The van der Waals surface area contributed by atoms with Gasteiger partial charge in [-0.15, -0.1) is 10.2 Å². The molecule has 1 fully saturated rings. The average Bonchev–Trinajstić information content (AvgIpc) is 3.57. The lowest BCUT2D eigenvalue weighted by Gasteiger charge is -2.14. The summed E-state index contributed by atoms with van der Waals surface area (Å²) in [6, 6.07) is 20.3. The van der Waals surface area contributed by atoms with Crippen molar-refractivity contribution in [3.05, 3.63) is 60.7 Å². The van der Waals surface area contributed by atoms with Crippen molar-refractivity contribution in [3.8, 4) is 22.5 Å². The number of amides is 1. The van der Waals surface area contributed by atoms with E-state index in [4.69, 9.17) is 4.98 Å². The van der Waals surface area contributed by atoms with Crippen LogP contribution in [0.25, 0.3) is 22.5 Å². The number of thioether (sulfide) groups is 1. The van der Waals surface area contributed by atoms with E-state index in [1.165, 1.54) is 11.8 Å². The summed E-state index contributed by atoms with van der Waals surface area (Å²) in [7, 11) is 0. The van der Waals surface area contributed by atoms with E-state index in [2.05, 4.69) is 15.5 Å². The van der Waals surface area contributed by atoms with Crippen molar-refractivity contribution < 1.29 is 4.79 Å². The highest BCUT2D eigenvalue weighted by Crippen LogP contribution is 2.31. The molecule has 5 nitrogen and oxygen atoms in total. The third kappa shape index (κ3) is 4.39. The van der Waals surface area contributed by atoms with E-state index in [1.807, 2.05) is 67.6 Å². The number of nitrogens with zero attached hydrogens (tertiary/aromatic N) is 3. The molecule has 1 aliphatic carbocycles. The molecular formula is C22H22N4OS. The minimum absolute atomic E-state index is 0.0620. The highest BCUT2D eigenvalue weighted by Gasteiger charge is 2.28. The smallest absolute Gasteiger partial charge is 0.233 e. The first kappa shape index (κ1) is 18.6. The molecule has 28 heavy (non-hydrogen) atoms. The van der Waals surface area contributed by atoms with Crippen LogP contribution in [0.2, 0.25) is 0 Å². The summed E-state index contributed by atoms with van der Waals surface area (Å²) in [5.74, 6) is 0.0620. The Morgan fingerprint density at radius 3 is 2.18 bits per heavy atom. The summed E-state index contributed by atoms with van der Waals surface area (Å²) in [5, 5.41) is 12.2. The molecule has 6 heteroatoms. The molecule has 0 saturated heterocycles. The van der Waals surface area contributed by atoms with Crippen LogP contribution in [-0.4, -0.2) is 32.4 Å². The first-order valence-corrected chi connectivity index (χ1v) is 10.4. The van der Waals surface area contributed by atoms with Crippen molar-refractivity contribution in [3.63, 3.8) is 0 Å². The quantitative estimate of drug-likeness (QED) is 0.607. The van der Waals surface area contributed by atoms with Gasteiger partial charge in [0.2, 0.25) is 11.1 Å². The van der Waals surface area contributed by atoms with Crippen LogP contribution in [0.3, 0.4) is 0 Å². The SMILES string of the molecule is CCC(Sc1nnc(-c2ccccc2)c(-c2ccccc2)n1)C(=O)NC1CC1. The molecule has 1 N–H and O–H groups in total. The number of carbonyl (C=O) groups excluding carboxylic acids is 1. The second-order valence-electron chi connectivity index (χ2n) is 6.82. The molecule has 0 spiro atoms. The van der Waals surface area contributed by atoms with Crippen LogP contribution in [0.1, 0.15) is 26.2 Å². The molecule has 0 aliphatic heterocycles. The van der Waals surface area contributed by atoms with E-state index in [1.54, 1.807) is 0 Å². The van der Waals surface area contributed by atoms with Crippen LogP contribution in [0.4, 0.5) is 0 Å². The van der Waals surface area contributed by atoms with Gasteiger partial charge in [-0.2, -0.15) is 0 Å². The van der Waals surface area contributed by atoms with Crippen LogP contribution in [0.5, 0.6) is 0 Å². The van der Waals surface area contributed by atoms with Gasteiger partial charge in [0.1, 0.15) is 11.4 Å². The van der Waals surface area contributed by atoms with Crippen LogP contribution in [0, 0.1) is 0 Å². The number of carbonyl (C=O) groups is 1. The van der Waals surface area contributed by atoms with Crippen molar-refractivity contribution in [2.24, 2.45) is 0 Å². The fraction of sp³-hybridized carbons (Fsp3) is 0.273. The molecule has 0 radical (unpaired) electrons. The zero-order valence-corrected chi connectivity index (χ0v) is 16.5. The predicted molar refractivity (Wildman–Crippen MR) is 112 cm³/mol. The second-order valence-corrected chi connectivity index (χ2v) is 7.99. The Morgan fingerprint density at radius 1 is 1.00 bits per heavy atom. The first-order chi connectivity index (χ1) is 13.7. The summed E-state index contributed by atoms with van der Waals surface area (Å²) in [5.41, 5.74) is 3.47. The van der Waals surface area contributed by atoms with E-state index >= 15 is 0 Å². The first-order valence-electron chi connectivity index (χ1n) is 9.57. The summed E-state index contributed by atoms with van der Waals surface area (Å²) in [4.78, 5) is 17.3. The summed E-state index contributed by atoms with van der Waals surface area (Å²) in [6.07, 6.45) is 2.87. The van der Waals surface area contributed by atoms with Gasteiger partial charge in [-0.1, -0.05) is 79.3 Å². The Morgan fingerprint density at radius 2 is 1.61 bits per heavy atom. The zero-order chi connectivity index (χ0) is 19.3. The number of benzene rings is 2. The van der Waals surface area contributed by atoms with Gasteiger partial charge in [0.05, 0.1) is 5.25 Å². The molecule has 1 unspecified atom stereocenters. The number of hydrogen-bond donors (Lipinski definition) is 1. The molecule has 1 amide bonds.